The maximum Gasteiger partial charge on any atom is 0.227 e. The lowest BCUT2D eigenvalue weighted by molar-refractivity contribution is 0.628. The second-order valence-corrected chi connectivity index (χ2v) is 3.61. The van der Waals surface area contributed by atoms with Crippen molar-refractivity contribution < 1.29 is 4.39 Å². The lowest BCUT2D eigenvalue weighted by Gasteiger charge is -2.03. The molecule has 0 radical (unpaired) electrons. The van der Waals surface area contributed by atoms with E-state index in [2.05, 4.69) is 15.0 Å². The molecule has 6 heteroatoms. The van der Waals surface area contributed by atoms with Gasteiger partial charge in [-0.3, -0.25) is 0 Å². The van der Waals surface area contributed by atoms with Gasteiger partial charge in [-0.15, -0.1) is 0 Å². The van der Waals surface area contributed by atoms with Gasteiger partial charge in [0.25, 0.3) is 0 Å². The number of aromatic nitrogens is 3. The molecule has 0 unspecified atom stereocenters. The number of benzene rings is 1. The molecule has 0 atom stereocenters. The fourth-order valence-electron chi connectivity index (χ4n) is 1.29. The molecule has 0 fully saturated rings. The third-order valence-corrected chi connectivity index (χ3v) is 2.16. The summed E-state index contributed by atoms with van der Waals surface area (Å²) in [5.74, 6) is -0.313. The van der Waals surface area contributed by atoms with Crippen LogP contribution >= 0.6 is 11.6 Å². The van der Waals surface area contributed by atoms with Crippen LogP contribution in [0, 0.1) is 12.7 Å². The van der Waals surface area contributed by atoms with Crippen LogP contribution in [0.15, 0.2) is 18.2 Å². The Morgan fingerprint density at radius 2 is 2.00 bits per heavy atom. The van der Waals surface area contributed by atoms with Crippen molar-refractivity contribution >= 4 is 17.5 Å². The average molecular weight is 239 g/mol. The molecule has 2 N–H and O–H groups in total. The Hall–Kier alpha value is -1.75. The highest BCUT2D eigenvalue weighted by atomic mass is 35.5. The highest BCUT2D eigenvalue weighted by molar-refractivity contribution is 6.28. The van der Waals surface area contributed by atoms with Gasteiger partial charge in [-0.05, 0) is 36.2 Å². The third-order valence-electron chi connectivity index (χ3n) is 1.99. The second-order valence-electron chi connectivity index (χ2n) is 3.27. The molecule has 82 valence electrons. The van der Waals surface area contributed by atoms with Crippen LogP contribution in [0.3, 0.4) is 0 Å². The zero-order chi connectivity index (χ0) is 11.7. The minimum atomic E-state index is -0.415. The minimum Gasteiger partial charge on any atom is -0.368 e. The Balaban J connectivity index is 2.58. The van der Waals surface area contributed by atoms with E-state index in [0.717, 1.165) is 5.56 Å². The summed E-state index contributed by atoms with van der Waals surface area (Å²) >= 11 is 5.62. The quantitative estimate of drug-likeness (QED) is 0.827. The average Bonchev–Trinajstić information content (AvgIpc) is 2.15. The van der Waals surface area contributed by atoms with E-state index in [9.17, 15) is 4.39 Å². The molecular formula is C10H8ClFN4. The van der Waals surface area contributed by atoms with Gasteiger partial charge in [0.2, 0.25) is 11.2 Å². The highest BCUT2D eigenvalue weighted by Crippen LogP contribution is 2.21. The largest absolute Gasteiger partial charge is 0.368 e. The first-order valence-corrected chi connectivity index (χ1v) is 4.87. The molecule has 4 nitrogen and oxygen atoms in total. The second kappa shape index (κ2) is 4.02. The summed E-state index contributed by atoms with van der Waals surface area (Å²) in [6.07, 6.45) is 0. The number of nitrogen functional groups attached to an aromatic ring is 1. The normalized spacial score (nSPS) is 10.4. The predicted octanol–water partition coefficient (Wildman–Crippen LogP) is 2.22. The molecule has 0 spiro atoms. The Bertz CT molecular complexity index is 524. The molecule has 0 saturated heterocycles. The molecule has 2 rings (SSSR count). The van der Waals surface area contributed by atoms with Gasteiger partial charge in [0.1, 0.15) is 5.82 Å². The fourth-order valence-corrected chi connectivity index (χ4v) is 1.45. The Morgan fingerprint density at radius 1 is 1.25 bits per heavy atom. The molecule has 0 aliphatic rings. The summed E-state index contributed by atoms with van der Waals surface area (Å²) in [5, 5.41) is -0.0533. The van der Waals surface area contributed by atoms with Crippen molar-refractivity contribution in [2.45, 2.75) is 6.92 Å². The molecular weight excluding hydrogens is 231 g/mol. The molecule has 0 amide bonds. The lowest BCUT2D eigenvalue weighted by Crippen LogP contribution is -2.01. The molecule has 0 aliphatic carbocycles. The summed E-state index contributed by atoms with van der Waals surface area (Å²) < 4.78 is 13.6. The van der Waals surface area contributed by atoms with E-state index in [1.807, 2.05) is 0 Å². The van der Waals surface area contributed by atoms with Crippen LogP contribution in [-0.4, -0.2) is 15.0 Å². The number of hydrogen-bond acceptors (Lipinski definition) is 4. The van der Waals surface area contributed by atoms with Gasteiger partial charge in [-0.2, -0.15) is 15.0 Å². The van der Waals surface area contributed by atoms with Crippen molar-refractivity contribution in [1.82, 2.24) is 15.0 Å². The summed E-state index contributed by atoms with van der Waals surface area (Å²) in [6, 6.07) is 4.73. The molecule has 0 saturated carbocycles. The number of nitrogens with zero attached hydrogens (tertiary/aromatic N) is 3. The Kier molecular flexibility index (Phi) is 2.70. The molecule has 0 bridgehead atoms. The maximum atomic E-state index is 13.6. The molecule has 1 aromatic heterocycles. The molecule has 1 aromatic carbocycles. The molecule has 16 heavy (non-hydrogen) atoms. The van der Waals surface area contributed by atoms with Gasteiger partial charge < -0.3 is 5.73 Å². The van der Waals surface area contributed by atoms with Crippen molar-refractivity contribution in [3.05, 3.63) is 34.9 Å². The molecule has 2 aromatic rings. The van der Waals surface area contributed by atoms with E-state index in [0.29, 0.717) is 0 Å². The number of hydrogen-bond donors (Lipinski definition) is 1. The highest BCUT2D eigenvalue weighted by Gasteiger charge is 2.10. The van der Waals surface area contributed by atoms with Crippen LogP contribution in [0.1, 0.15) is 5.56 Å². The van der Waals surface area contributed by atoms with Gasteiger partial charge in [0, 0.05) is 0 Å². The first-order chi connectivity index (χ1) is 7.56. The van der Waals surface area contributed by atoms with E-state index >= 15 is 0 Å². The zero-order valence-electron chi connectivity index (χ0n) is 8.41. The maximum absolute atomic E-state index is 13.6. The van der Waals surface area contributed by atoms with Crippen LogP contribution in [-0.2, 0) is 0 Å². The van der Waals surface area contributed by atoms with Crippen molar-refractivity contribution in [1.29, 1.82) is 0 Å². The third kappa shape index (κ3) is 2.09. The van der Waals surface area contributed by atoms with Crippen LogP contribution in [0.25, 0.3) is 11.4 Å². The van der Waals surface area contributed by atoms with E-state index in [-0.39, 0.29) is 22.6 Å². The SMILES string of the molecule is Cc1ccc(-c2nc(N)nc(Cl)n2)c(F)c1. The fraction of sp³-hybridized carbons (Fsp3) is 0.100. The van der Waals surface area contributed by atoms with Crippen LogP contribution in [0.5, 0.6) is 0 Å². The minimum absolute atomic E-state index is 0.0324. The van der Waals surface area contributed by atoms with Crippen LogP contribution in [0.4, 0.5) is 10.3 Å². The summed E-state index contributed by atoms with van der Waals surface area (Å²) in [4.78, 5) is 11.2. The van der Waals surface area contributed by atoms with Crippen molar-refractivity contribution in [2.75, 3.05) is 5.73 Å². The van der Waals surface area contributed by atoms with Gasteiger partial charge in [-0.25, -0.2) is 4.39 Å². The topological polar surface area (TPSA) is 64.7 Å². The van der Waals surface area contributed by atoms with Gasteiger partial charge in [0.15, 0.2) is 5.82 Å². The standard InChI is InChI=1S/C10H8ClFN4/c1-5-2-3-6(7(12)4-5)8-14-9(11)16-10(13)15-8/h2-4H,1H3,(H2,13,14,15,16). The predicted molar refractivity (Wildman–Crippen MR) is 59.4 cm³/mol. The number of aryl methyl sites for hydroxylation is 1. The smallest absolute Gasteiger partial charge is 0.227 e. The zero-order valence-corrected chi connectivity index (χ0v) is 9.16. The van der Waals surface area contributed by atoms with Crippen molar-refractivity contribution in [3.8, 4) is 11.4 Å². The van der Waals surface area contributed by atoms with E-state index in [1.165, 1.54) is 6.07 Å². The van der Waals surface area contributed by atoms with Crippen molar-refractivity contribution in [2.24, 2.45) is 0 Å². The van der Waals surface area contributed by atoms with E-state index in [4.69, 9.17) is 17.3 Å². The summed E-state index contributed by atoms with van der Waals surface area (Å²) in [7, 11) is 0. The number of rotatable bonds is 1. The van der Waals surface area contributed by atoms with Gasteiger partial charge in [-0.1, -0.05) is 6.07 Å². The van der Waals surface area contributed by atoms with E-state index < -0.39 is 5.82 Å². The van der Waals surface area contributed by atoms with Crippen LogP contribution in [0.2, 0.25) is 5.28 Å². The first kappa shape index (κ1) is 10.8. The number of anilines is 1. The van der Waals surface area contributed by atoms with Gasteiger partial charge in [0.05, 0.1) is 5.56 Å². The number of halogens is 2. The number of nitrogens with two attached hydrogens (primary N) is 1. The van der Waals surface area contributed by atoms with Gasteiger partial charge >= 0.3 is 0 Å². The Labute approximate surface area is 96.3 Å². The van der Waals surface area contributed by atoms with Crippen molar-refractivity contribution in [3.63, 3.8) is 0 Å². The monoisotopic (exact) mass is 238 g/mol. The summed E-state index contributed by atoms with van der Waals surface area (Å²) in [5.41, 5.74) is 6.47. The summed E-state index contributed by atoms with van der Waals surface area (Å²) in [6.45, 7) is 1.79. The first-order valence-electron chi connectivity index (χ1n) is 4.50. The Morgan fingerprint density at radius 3 is 2.62 bits per heavy atom. The molecule has 1 heterocycles. The van der Waals surface area contributed by atoms with E-state index in [1.54, 1.807) is 19.1 Å². The van der Waals surface area contributed by atoms with Crippen LogP contribution < -0.4 is 5.73 Å². The molecule has 0 aliphatic heterocycles. The lowest BCUT2D eigenvalue weighted by atomic mass is 10.1.